The van der Waals surface area contributed by atoms with E-state index in [0.29, 0.717) is 17.3 Å². The Kier molecular flexibility index (Phi) is 3.56. The smallest absolute Gasteiger partial charge is 0.231 e. The van der Waals surface area contributed by atoms with E-state index in [9.17, 15) is 5.26 Å². The van der Waals surface area contributed by atoms with Crippen molar-refractivity contribution in [3.05, 3.63) is 71.9 Å². The second kappa shape index (κ2) is 6.01. The highest BCUT2D eigenvalue weighted by Gasteiger charge is 2.21. The van der Waals surface area contributed by atoms with Gasteiger partial charge in [-0.3, -0.25) is 0 Å². The lowest BCUT2D eigenvalue weighted by atomic mass is 10.2. The first-order valence-electron chi connectivity index (χ1n) is 7.80. The van der Waals surface area contributed by atoms with Crippen LogP contribution in [0.4, 0.5) is 23.1 Å². The predicted molar refractivity (Wildman–Crippen MR) is 93.6 cm³/mol. The summed E-state index contributed by atoms with van der Waals surface area (Å²) >= 11 is 0. The fourth-order valence-electron chi connectivity index (χ4n) is 2.92. The summed E-state index contributed by atoms with van der Waals surface area (Å²) in [6.45, 7) is 0.873. The second-order valence-electron chi connectivity index (χ2n) is 5.55. The number of nitrogens with zero attached hydrogens (tertiary/aromatic N) is 4. The lowest BCUT2D eigenvalue weighted by Gasteiger charge is -2.18. The van der Waals surface area contributed by atoms with E-state index in [1.165, 1.54) is 5.56 Å². The molecule has 116 valence electrons. The van der Waals surface area contributed by atoms with Crippen LogP contribution in [0.15, 0.2) is 60.8 Å². The minimum atomic E-state index is 0.587. The molecule has 1 aliphatic heterocycles. The zero-order chi connectivity index (χ0) is 16.4. The van der Waals surface area contributed by atoms with Crippen LogP contribution in [0.5, 0.6) is 0 Å². The lowest BCUT2D eigenvalue weighted by molar-refractivity contribution is 0.941. The Labute approximate surface area is 140 Å². The molecule has 3 aromatic rings. The second-order valence-corrected chi connectivity index (χ2v) is 5.55. The van der Waals surface area contributed by atoms with E-state index in [-0.39, 0.29) is 0 Å². The van der Waals surface area contributed by atoms with E-state index in [1.54, 1.807) is 18.3 Å². The summed E-state index contributed by atoms with van der Waals surface area (Å²) < 4.78 is 0. The van der Waals surface area contributed by atoms with Gasteiger partial charge in [-0.25, -0.2) is 4.98 Å². The zero-order valence-electron chi connectivity index (χ0n) is 13.0. The largest absolute Gasteiger partial charge is 0.339 e. The normalized spacial score (nSPS) is 12.5. The first kappa shape index (κ1) is 14.2. The van der Waals surface area contributed by atoms with Gasteiger partial charge in [0.05, 0.1) is 11.3 Å². The number of anilines is 4. The van der Waals surface area contributed by atoms with Crippen LogP contribution in [0.2, 0.25) is 0 Å². The maximum Gasteiger partial charge on any atom is 0.231 e. The molecule has 0 aliphatic carbocycles. The third-order valence-electron chi connectivity index (χ3n) is 4.08. The van der Waals surface area contributed by atoms with Gasteiger partial charge in [0, 0.05) is 18.4 Å². The van der Waals surface area contributed by atoms with Gasteiger partial charge in [-0.15, -0.1) is 0 Å². The van der Waals surface area contributed by atoms with Crippen molar-refractivity contribution in [2.45, 2.75) is 6.42 Å². The highest BCUT2D eigenvalue weighted by atomic mass is 15.3. The van der Waals surface area contributed by atoms with Crippen molar-refractivity contribution in [2.75, 3.05) is 16.8 Å². The number of hydrogen-bond donors (Lipinski definition) is 1. The van der Waals surface area contributed by atoms with Gasteiger partial charge in [-0.05, 0) is 36.2 Å². The van der Waals surface area contributed by atoms with E-state index >= 15 is 0 Å². The Morgan fingerprint density at radius 3 is 2.79 bits per heavy atom. The van der Waals surface area contributed by atoms with Crippen LogP contribution in [0.3, 0.4) is 0 Å². The summed E-state index contributed by atoms with van der Waals surface area (Å²) in [7, 11) is 0. The van der Waals surface area contributed by atoms with Crippen LogP contribution < -0.4 is 10.2 Å². The molecule has 0 saturated carbocycles. The third kappa shape index (κ3) is 2.55. The van der Waals surface area contributed by atoms with Crippen LogP contribution in [0.1, 0.15) is 11.1 Å². The van der Waals surface area contributed by atoms with E-state index in [1.807, 2.05) is 24.3 Å². The highest BCUT2D eigenvalue weighted by Crippen LogP contribution is 2.32. The van der Waals surface area contributed by atoms with Gasteiger partial charge in [0.2, 0.25) is 5.95 Å². The number of aromatic nitrogens is 2. The molecule has 0 fully saturated rings. The van der Waals surface area contributed by atoms with Crippen LogP contribution in [-0.2, 0) is 6.42 Å². The van der Waals surface area contributed by atoms with Gasteiger partial charge < -0.3 is 10.2 Å². The summed E-state index contributed by atoms with van der Waals surface area (Å²) in [5.41, 5.74) is 3.80. The summed E-state index contributed by atoms with van der Waals surface area (Å²) in [5, 5.41) is 12.4. The van der Waals surface area contributed by atoms with Gasteiger partial charge in [0.1, 0.15) is 11.9 Å². The van der Waals surface area contributed by atoms with Gasteiger partial charge in [0.15, 0.2) is 0 Å². The number of benzene rings is 2. The Balaban J connectivity index is 1.65. The average molecular weight is 313 g/mol. The van der Waals surface area contributed by atoms with Gasteiger partial charge >= 0.3 is 0 Å². The van der Waals surface area contributed by atoms with Gasteiger partial charge in [0.25, 0.3) is 0 Å². The van der Waals surface area contributed by atoms with Crippen molar-refractivity contribution >= 4 is 23.1 Å². The van der Waals surface area contributed by atoms with E-state index in [2.05, 4.69) is 44.5 Å². The molecular weight excluding hydrogens is 298 g/mol. The molecule has 4 rings (SSSR count). The standard InChI is InChI=1S/C19H15N5/c20-13-15-6-1-3-7-16(15)22-18-9-11-21-19(23-18)24-12-10-14-5-2-4-8-17(14)24/h1-9,11H,10,12H2,(H,21,22,23). The minimum absolute atomic E-state index is 0.587. The molecule has 1 aromatic heterocycles. The molecule has 5 nitrogen and oxygen atoms in total. The Bertz CT molecular complexity index is 929. The van der Waals surface area contributed by atoms with Crippen LogP contribution in [0, 0.1) is 11.3 Å². The Morgan fingerprint density at radius 2 is 1.88 bits per heavy atom. The minimum Gasteiger partial charge on any atom is -0.339 e. The Hall–Kier alpha value is -3.39. The topological polar surface area (TPSA) is 64.8 Å². The molecule has 1 aliphatic rings. The molecule has 0 radical (unpaired) electrons. The van der Waals surface area contributed by atoms with E-state index in [4.69, 9.17) is 0 Å². The van der Waals surface area contributed by atoms with Gasteiger partial charge in [-0.1, -0.05) is 30.3 Å². The number of fused-ring (bicyclic) bond motifs is 1. The molecule has 0 amide bonds. The quantitative estimate of drug-likeness (QED) is 0.797. The first-order chi connectivity index (χ1) is 11.8. The van der Waals surface area contributed by atoms with Gasteiger partial charge in [-0.2, -0.15) is 10.2 Å². The third-order valence-corrected chi connectivity index (χ3v) is 4.08. The summed E-state index contributed by atoms with van der Waals surface area (Å²) in [5.74, 6) is 1.34. The molecule has 0 bridgehead atoms. The number of nitriles is 1. The summed E-state index contributed by atoms with van der Waals surface area (Å²) in [4.78, 5) is 11.2. The maximum absolute atomic E-state index is 9.20. The molecule has 1 N–H and O–H groups in total. The Morgan fingerprint density at radius 1 is 1.04 bits per heavy atom. The number of hydrogen-bond acceptors (Lipinski definition) is 5. The SMILES string of the molecule is N#Cc1ccccc1Nc1ccnc(N2CCc3ccccc32)n1. The zero-order valence-corrected chi connectivity index (χ0v) is 13.0. The average Bonchev–Trinajstić information content (AvgIpc) is 3.06. The molecule has 24 heavy (non-hydrogen) atoms. The number of rotatable bonds is 3. The van der Waals surface area contributed by atoms with Crippen molar-refractivity contribution < 1.29 is 0 Å². The van der Waals surface area contributed by atoms with Crippen molar-refractivity contribution in [3.63, 3.8) is 0 Å². The van der Waals surface area contributed by atoms with Crippen LogP contribution >= 0.6 is 0 Å². The molecule has 0 spiro atoms. The summed E-state index contributed by atoms with van der Waals surface area (Å²) in [6, 6.07) is 19.7. The van der Waals surface area contributed by atoms with Crippen molar-refractivity contribution in [3.8, 4) is 6.07 Å². The predicted octanol–water partition coefficient (Wildman–Crippen LogP) is 3.79. The number of nitrogens with one attached hydrogen (secondary N) is 1. The molecule has 0 unspecified atom stereocenters. The summed E-state index contributed by atoms with van der Waals surface area (Å²) in [6.07, 6.45) is 2.73. The highest BCUT2D eigenvalue weighted by molar-refractivity contribution is 5.68. The van der Waals surface area contributed by atoms with Crippen molar-refractivity contribution in [1.82, 2.24) is 9.97 Å². The molecular formula is C19H15N5. The fourth-order valence-corrected chi connectivity index (χ4v) is 2.92. The van der Waals surface area contributed by atoms with E-state index < -0.39 is 0 Å². The molecule has 2 aromatic carbocycles. The monoisotopic (exact) mass is 313 g/mol. The van der Waals surface area contributed by atoms with Crippen LogP contribution in [0.25, 0.3) is 0 Å². The molecule has 2 heterocycles. The number of para-hydroxylation sites is 2. The van der Waals surface area contributed by atoms with Crippen molar-refractivity contribution in [2.24, 2.45) is 0 Å². The maximum atomic E-state index is 9.20. The van der Waals surface area contributed by atoms with Crippen LogP contribution in [-0.4, -0.2) is 16.5 Å². The van der Waals surface area contributed by atoms with Crippen molar-refractivity contribution in [1.29, 1.82) is 5.26 Å². The molecule has 5 heteroatoms. The lowest BCUT2D eigenvalue weighted by Crippen LogP contribution is -2.16. The molecule has 0 saturated heterocycles. The first-order valence-corrected chi connectivity index (χ1v) is 7.80. The molecule has 0 atom stereocenters. The fraction of sp³-hybridized carbons (Fsp3) is 0.105. The van der Waals surface area contributed by atoms with E-state index in [0.717, 1.165) is 24.3 Å².